The molecule has 0 bridgehead atoms. The first kappa shape index (κ1) is 20.2. The monoisotopic (exact) mass is 421 g/mol. The van der Waals surface area contributed by atoms with Crippen molar-refractivity contribution in [1.82, 2.24) is 9.80 Å². The molecule has 2 amide bonds. The Bertz CT molecular complexity index is 960. The zero-order valence-corrected chi connectivity index (χ0v) is 17.4. The average Bonchev–Trinajstić information content (AvgIpc) is 2.80. The summed E-state index contributed by atoms with van der Waals surface area (Å²) in [6, 6.07) is 16.7. The molecule has 0 aromatic heterocycles. The number of aliphatic hydroxyl groups is 1. The number of fused-ring (bicyclic) bond motifs is 3. The predicted octanol–water partition coefficient (Wildman–Crippen LogP) is 1.33. The normalized spacial score (nSPS) is 25.4. The number of ether oxygens (including phenoxy) is 1. The van der Waals surface area contributed by atoms with Crippen LogP contribution in [-0.2, 0) is 9.53 Å². The highest BCUT2D eigenvalue weighted by Crippen LogP contribution is 2.48. The number of anilines is 1. The quantitative estimate of drug-likeness (QED) is 0.807. The Hall–Kier alpha value is -2.74. The van der Waals surface area contributed by atoms with E-state index in [1.807, 2.05) is 54.6 Å². The minimum atomic E-state index is -0.256. The van der Waals surface area contributed by atoms with E-state index < -0.39 is 0 Å². The van der Waals surface area contributed by atoms with Gasteiger partial charge in [-0.25, -0.2) is 0 Å². The molecule has 5 rings (SSSR count). The third kappa shape index (κ3) is 3.52. The molecule has 1 N–H and O–H groups in total. The van der Waals surface area contributed by atoms with Crippen molar-refractivity contribution in [3.63, 3.8) is 0 Å². The van der Waals surface area contributed by atoms with E-state index in [2.05, 4.69) is 4.90 Å². The maximum Gasteiger partial charge on any atom is 0.258 e. The van der Waals surface area contributed by atoms with Crippen LogP contribution in [0.5, 0.6) is 0 Å². The summed E-state index contributed by atoms with van der Waals surface area (Å²) in [6.07, 6.45) is 0. The molecular formula is C24H27N3O4. The molecule has 7 nitrogen and oxygen atoms in total. The van der Waals surface area contributed by atoms with Gasteiger partial charge in [-0.15, -0.1) is 0 Å². The molecule has 0 aliphatic carbocycles. The number of nitrogens with zero attached hydrogens (tertiary/aromatic N) is 3. The zero-order chi connectivity index (χ0) is 21.4. The van der Waals surface area contributed by atoms with Gasteiger partial charge in [-0.3, -0.25) is 14.5 Å². The van der Waals surface area contributed by atoms with E-state index in [1.165, 1.54) is 0 Å². The summed E-state index contributed by atoms with van der Waals surface area (Å²) in [7, 11) is 0. The second-order valence-electron chi connectivity index (χ2n) is 8.37. The predicted molar refractivity (Wildman–Crippen MR) is 116 cm³/mol. The Labute approximate surface area is 181 Å². The number of hydrogen-bond donors (Lipinski definition) is 1. The van der Waals surface area contributed by atoms with E-state index in [-0.39, 0.29) is 36.4 Å². The van der Waals surface area contributed by atoms with Gasteiger partial charge in [0.05, 0.1) is 38.4 Å². The number of rotatable bonds is 4. The van der Waals surface area contributed by atoms with Crippen LogP contribution in [0.25, 0.3) is 0 Å². The Kier molecular flexibility index (Phi) is 5.48. The Morgan fingerprint density at radius 3 is 2.45 bits per heavy atom. The molecule has 2 fully saturated rings. The molecule has 3 aliphatic heterocycles. The van der Waals surface area contributed by atoms with Crippen LogP contribution in [0.1, 0.15) is 21.8 Å². The standard InChI is InChI=1S/C24H27N3O4/c28-16-21-23-18-8-4-5-9-19(18)26(24(30)17-6-2-1-3-7-17)14-20(23)27(21)22(29)15-25-10-12-31-13-11-25/h1-9,20-21,23,28H,10-16H2/t20-,21+,23+/m1/s1. The third-order valence-corrected chi connectivity index (χ3v) is 6.70. The maximum absolute atomic E-state index is 13.3. The molecule has 3 aliphatic rings. The van der Waals surface area contributed by atoms with Gasteiger partial charge in [0.2, 0.25) is 5.91 Å². The van der Waals surface area contributed by atoms with Crippen molar-refractivity contribution in [2.24, 2.45) is 0 Å². The summed E-state index contributed by atoms with van der Waals surface area (Å²) in [5.74, 6) is -0.0251. The molecule has 7 heteroatoms. The number of para-hydroxylation sites is 1. The smallest absolute Gasteiger partial charge is 0.258 e. The molecule has 3 heterocycles. The van der Waals surface area contributed by atoms with Crippen molar-refractivity contribution in [3.05, 3.63) is 65.7 Å². The number of amides is 2. The van der Waals surface area contributed by atoms with E-state index in [0.29, 0.717) is 31.9 Å². The first-order valence-corrected chi connectivity index (χ1v) is 10.9. The van der Waals surface area contributed by atoms with Crippen molar-refractivity contribution >= 4 is 17.5 Å². The highest BCUT2D eigenvalue weighted by Gasteiger charge is 2.55. The minimum Gasteiger partial charge on any atom is -0.394 e. The molecule has 0 saturated carbocycles. The van der Waals surface area contributed by atoms with Crippen molar-refractivity contribution < 1.29 is 19.4 Å². The van der Waals surface area contributed by atoms with Crippen LogP contribution in [0.4, 0.5) is 5.69 Å². The van der Waals surface area contributed by atoms with E-state index in [9.17, 15) is 14.7 Å². The first-order valence-electron chi connectivity index (χ1n) is 10.9. The Morgan fingerprint density at radius 2 is 1.71 bits per heavy atom. The number of hydrogen-bond acceptors (Lipinski definition) is 5. The lowest BCUT2D eigenvalue weighted by atomic mass is 9.71. The molecule has 2 aromatic rings. The second-order valence-corrected chi connectivity index (χ2v) is 8.37. The molecule has 0 radical (unpaired) electrons. The van der Waals surface area contributed by atoms with E-state index in [0.717, 1.165) is 24.3 Å². The fourth-order valence-corrected chi connectivity index (χ4v) is 5.20. The number of carbonyl (C=O) groups is 2. The van der Waals surface area contributed by atoms with Gasteiger partial charge in [0.1, 0.15) is 0 Å². The SMILES string of the molecule is O=C(c1ccccc1)N1C[C@@H]2[C@H](c3ccccc31)[C@H](CO)N2C(=O)CN1CCOCC1. The van der Waals surface area contributed by atoms with Gasteiger partial charge >= 0.3 is 0 Å². The lowest BCUT2D eigenvalue weighted by molar-refractivity contribution is -0.152. The third-order valence-electron chi connectivity index (χ3n) is 6.70. The van der Waals surface area contributed by atoms with Gasteiger partial charge in [-0.1, -0.05) is 36.4 Å². The van der Waals surface area contributed by atoms with E-state index >= 15 is 0 Å². The minimum absolute atomic E-state index is 0.00805. The van der Waals surface area contributed by atoms with Gasteiger partial charge in [0.15, 0.2) is 0 Å². The fraction of sp³-hybridized carbons (Fsp3) is 0.417. The van der Waals surface area contributed by atoms with Crippen LogP contribution in [0.15, 0.2) is 54.6 Å². The summed E-state index contributed by atoms with van der Waals surface area (Å²) in [6.45, 7) is 3.40. The van der Waals surface area contributed by atoms with Gasteiger partial charge in [0, 0.05) is 36.8 Å². The molecule has 162 valence electrons. The summed E-state index contributed by atoms with van der Waals surface area (Å²) in [4.78, 5) is 32.2. The van der Waals surface area contributed by atoms with Crippen molar-refractivity contribution in [3.8, 4) is 0 Å². The zero-order valence-electron chi connectivity index (χ0n) is 17.4. The maximum atomic E-state index is 13.3. The summed E-state index contributed by atoms with van der Waals surface area (Å²) < 4.78 is 5.38. The van der Waals surface area contributed by atoms with Crippen molar-refractivity contribution in [1.29, 1.82) is 0 Å². The Balaban J connectivity index is 1.43. The summed E-state index contributed by atoms with van der Waals surface area (Å²) in [5, 5.41) is 10.1. The molecule has 2 aromatic carbocycles. The summed E-state index contributed by atoms with van der Waals surface area (Å²) >= 11 is 0. The van der Waals surface area contributed by atoms with E-state index in [1.54, 1.807) is 9.80 Å². The molecule has 2 saturated heterocycles. The van der Waals surface area contributed by atoms with E-state index in [4.69, 9.17) is 4.74 Å². The number of aliphatic hydroxyl groups excluding tert-OH is 1. The first-order chi connectivity index (χ1) is 15.2. The lowest BCUT2D eigenvalue weighted by Gasteiger charge is -2.59. The van der Waals surface area contributed by atoms with Crippen LogP contribution in [0.2, 0.25) is 0 Å². The van der Waals surface area contributed by atoms with Crippen molar-refractivity contribution in [2.45, 2.75) is 18.0 Å². The van der Waals surface area contributed by atoms with Gasteiger partial charge in [0.25, 0.3) is 5.91 Å². The molecule has 0 unspecified atom stereocenters. The Morgan fingerprint density at radius 1 is 1.00 bits per heavy atom. The summed E-state index contributed by atoms with van der Waals surface area (Å²) in [5.41, 5.74) is 2.52. The van der Waals surface area contributed by atoms with Crippen LogP contribution in [-0.4, -0.2) is 84.8 Å². The topological polar surface area (TPSA) is 73.3 Å². The fourth-order valence-electron chi connectivity index (χ4n) is 5.20. The van der Waals surface area contributed by atoms with Gasteiger partial charge in [-0.05, 0) is 23.8 Å². The van der Waals surface area contributed by atoms with Gasteiger partial charge < -0.3 is 19.6 Å². The average molecular weight is 421 g/mol. The van der Waals surface area contributed by atoms with Crippen molar-refractivity contribution in [2.75, 3.05) is 50.9 Å². The van der Waals surface area contributed by atoms with Crippen LogP contribution < -0.4 is 4.90 Å². The molecule has 3 atom stereocenters. The molecule has 31 heavy (non-hydrogen) atoms. The van der Waals surface area contributed by atoms with Gasteiger partial charge in [-0.2, -0.15) is 0 Å². The number of benzene rings is 2. The number of carbonyl (C=O) groups excluding carboxylic acids is 2. The number of likely N-dealkylation sites (tertiary alicyclic amines) is 1. The highest BCUT2D eigenvalue weighted by molar-refractivity contribution is 6.07. The largest absolute Gasteiger partial charge is 0.394 e. The number of morpholine rings is 1. The highest BCUT2D eigenvalue weighted by atomic mass is 16.5. The van der Waals surface area contributed by atoms with Crippen LogP contribution >= 0.6 is 0 Å². The molecule has 0 spiro atoms. The van der Waals surface area contributed by atoms with Crippen LogP contribution in [0, 0.1) is 0 Å². The molecular weight excluding hydrogens is 394 g/mol. The second kappa shape index (κ2) is 8.42. The van der Waals surface area contributed by atoms with Crippen LogP contribution in [0.3, 0.4) is 0 Å². The lowest BCUT2D eigenvalue weighted by Crippen LogP contribution is -2.71.